The maximum atomic E-state index is 12.2. The lowest BCUT2D eigenvalue weighted by Crippen LogP contribution is -2.58. The van der Waals surface area contributed by atoms with E-state index in [9.17, 15) is 24.6 Å². The van der Waals surface area contributed by atoms with Crippen LogP contribution in [0.4, 0.5) is 0 Å². The Kier molecular flexibility index (Phi) is 3.12. The number of phenols is 2. The van der Waals surface area contributed by atoms with Crippen molar-refractivity contribution in [3.8, 4) is 11.5 Å². The highest BCUT2D eigenvalue weighted by atomic mass is 16.3. The molecule has 1 unspecified atom stereocenters. The van der Waals surface area contributed by atoms with Gasteiger partial charge in [-0.3, -0.25) is 19.7 Å². The van der Waals surface area contributed by atoms with Gasteiger partial charge in [-0.25, -0.2) is 0 Å². The lowest BCUT2D eigenvalue weighted by Gasteiger charge is -2.31. The van der Waals surface area contributed by atoms with Crippen LogP contribution in [0.1, 0.15) is 17.3 Å². The molecule has 7 heteroatoms. The number of aromatic hydroxyl groups is 2. The van der Waals surface area contributed by atoms with Crippen LogP contribution in [0.25, 0.3) is 0 Å². The lowest BCUT2D eigenvalue weighted by molar-refractivity contribution is -0.138. The fraction of sp³-hybridized carbons (Fsp3) is 0.250. The third-order valence-corrected chi connectivity index (χ3v) is 2.92. The minimum absolute atomic E-state index is 0.306. The number of carbonyl (C=O) groups excluding carboxylic acids is 3. The molecule has 1 aromatic carbocycles. The minimum Gasteiger partial charge on any atom is -0.507 e. The Morgan fingerprint density at radius 2 is 1.89 bits per heavy atom. The quantitative estimate of drug-likeness (QED) is 0.597. The number of amides is 3. The van der Waals surface area contributed by atoms with Crippen LogP contribution >= 0.6 is 0 Å². The van der Waals surface area contributed by atoms with Crippen molar-refractivity contribution >= 4 is 17.7 Å². The highest BCUT2D eigenvalue weighted by molar-refractivity contribution is 6.08. The molecule has 1 atom stereocenters. The maximum Gasteiger partial charge on any atom is 0.262 e. The zero-order valence-electron chi connectivity index (χ0n) is 10.1. The first-order chi connectivity index (χ1) is 8.91. The molecule has 2 rings (SSSR count). The summed E-state index contributed by atoms with van der Waals surface area (Å²) in [7, 11) is 0. The van der Waals surface area contributed by atoms with Crippen LogP contribution in [0, 0.1) is 0 Å². The van der Waals surface area contributed by atoms with Crippen molar-refractivity contribution < 1.29 is 24.6 Å². The van der Waals surface area contributed by atoms with Crippen LogP contribution in [-0.4, -0.2) is 45.4 Å². The number of hydrogen-bond donors (Lipinski definition) is 3. The Morgan fingerprint density at radius 1 is 1.32 bits per heavy atom. The number of benzene rings is 1. The molecule has 7 nitrogen and oxygen atoms in total. The van der Waals surface area contributed by atoms with Crippen molar-refractivity contribution in [3.05, 3.63) is 23.8 Å². The molecule has 1 saturated heterocycles. The molecule has 1 aromatic rings. The average Bonchev–Trinajstić information content (AvgIpc) is 2.33. The summed E-state index contributed by atoms with van der Waals surface area (Å²) in [6, 6.07) is 3.00. The second-order valence-electron chi connectivity index (χ2n) is 4.19. The van der Waals surface area contributed by atoms with Crippen LogP contribution in [0.5, 0.6) is 11.5 Å². The van der Waals surface area contributed by atoms with Gasteiger partial charge in [-0.2, -0.15) is 0 Å². The van der Waals surface area contributed by atoms with E-state index in [0.29, 0.717) is 0 Å². The van der Waals surface area contributed by atoms with Gasteiger partial charge in [0, 0.05) is 0 Å². The molecule has 0 aromatic heterocycles. The first-order valence-corrected chi connectivity index (χ1v) is 5.57. The summed E-state index contributed by atoms with van der Waals surface area (Å²) in [6.45, 7) is 1.15. The molecule has 0 aliphatic carbocycles. The van der Waals surface area contributed by atoms with E-state index in [1.807, 2.05) is 0 Å². The summed E-state index contributed by atoms with van der Waals surface area (Å²) in [5.74, 6) is -2.79. The first kappa shape index (κ1) is 12.9. The van der Waals surface area contributed by atoms with Crippen molar-refractivity contribution in [2.24, 2.45) is 0 Å². The number of nitrogens with zero attached hydrogens (tertiary/aromatic N) is 1. The Labute approximate surface area is 108 Å². The predicted molar refractivity (Wildman–Crippen MR) is 63.4 cm³/mol. The number of phenolic OH excluding ortho intramolecular Hbond substituents is 2. The number of rotatable bonds is 1. The molecule has 1 heterocycles. The van der Waals surface area contributed by atoms with E-state index in [-0.39, 0.29) is 12.1 Å². The highest BCUT2D eigenvalue weighted by Crippen LogP contribution is 2.28. The van der Waals surface area contributed by atoms with Crippen molar-refractivity contribution in [2.45, 2.75) is 13.0 Å². The van der Waals surface area contributed by atoms with Crippen LogP contribution < -0.4 is 5.32 Å². The minimum atomic E-state index is -0.857. The molecular formula is C12H12N2O5. The summed E-state index contributed by atoms with van der Waals surface area (Å²) in [5, 5.41) is 21.3. The molecule has 1 aliphatic rings. The van der Waals surface area contributed by atoms with Crippen LogP contribution in [0.15, 0.2) is 18.2 Å². The van der Waals surface area contributed by atoms with Crippen molar-refractivity contribution in [2.75, 3.05) is 6.54 Å². The van der Waals surface area contributed by atoms with Gasteiger partial charge >= 0.3 is 0 Å². The Hall–Kier alpha value is -2.57. The van der Waals surface area contributed by atoms with Crippen molar-refractivity contribution in [1.29, 1.82) is 0 Å². The summed E-state index contributed by atoms with van der Waals surface area (Å²) in [4.78, 5) is 36.0. The van der Waals surface area contributed by atoms with E-state index in [1.165, 1.54) is 25.1 Å². The summed E-state index contributed by atoms with van der Waals surface area (Å²) < 4.78 is 0. The Bertz CT molecular complexity index is 549. The second-order valence-corrected chi connectivity index (χ2v) is 4.19. The molecular weight excluding hydrogens is 252 g/mol. The fourth-order valence-electron chi connectivity index (χ4n) is 1.85. The van der Waals surface area contributed by atoms with Crippen molar-refractivity contribution in [3.63, 3.8) is 0 Å². The van der Waals surface area contributed by atoms with Gasteiger partial charge in [0.2, 0.25) is 11.8 Å². The van der Waals surface area contributed by atoms with E-state index < -0.39 is 35.3 Å². The molecule has 1 aliphatic heterocycles. The molecule has 0 bridgehead atoms. The van der Waals surface area contributed by atoms with E-state index in [1.54, 1.807) is 0 Å². The van der Waals surface area contributed by atoms with Gasteiger partial charge in [-0.15, -0.1) is 0 Å². The third-order valence-electron chi connectivity index (χ3n) is 2.92. The predicted octanol–water partition coefficient (Wildman–Crippen LogP) is -0.415. The SMILES string of the molecule is CC1C(=O)NC(=O)CN1C(=O)c1c(O)cccc1O. The summed E-state index contributed by atoms with van der Waals surface area (Å²) in [6.07, 6.45) is 0. The molecule has 0 saturated carbocycles. The summed E-state index contributed by atoms with van der Waals surface area (Å²) >= 11 is 0. The van der Waals surface area contributed by atoms with Gasteiger partial charge in [-0.05, 0) is 19.1 Å². The maximum absolute atomic E-state index is 12.2. The standard InChI is InChI=1S/C12H12N2O5/c1-6-11(18)13-9(17)5-14(6)12(19)10-7(15)3-2-4-8(10)16/h2-4,6,15-16H,5H2,1H3,(H,13,17,18). The number of hydrogen-bond acceptors (Lipinski definition) is 5. The van der Waals surface area contributed by atoms with Crippen molar-refractivity contribution in [1.82, 2.24) is 10.2 Å². The molecule has 0 spiro atoms. The Morgan fingerprint density at radius 3 is 2.47 bits per heavy atom. The Balaban J connectivity index is 2.38. The number of piperazine rings is 1. The molecule has 100 valence electrons. The van der Waals surface area contributed by atoms with Gasteiger partial charge in [0.15, 0.2) is 0 Å². The highest BCUT2D eigenvalue weighted by Gasteiger charge is 2.35. The molecule has 3 N–H and O–H groups in total. The van der Waals surface area contributed by atoms with Crippen LogP contribution in [-0.2, 0) is 9.59 Å². The van der Waals surface area contributed by atoms with Gasteiger partial charge in [0.1, 0.15) is 29.6 Å². The molecule has 3 amide bonds. The van der Waals surface area contributed by atoms with E-state index in [2.05, 4.69) is 5.32 Å². The fourth-order valence-corrected chi connectivity index (χ4v) is 1.85. The topological polar surface area (TPSA) is 107 Å². The lowest BCUT2D eigenvalue weighted by atomic mass is 10.1. The number of nitrogens with one attached hydrogen (secondary N) is 1. The first-order valence-electron chi connectivity index (χ1n) is 5.57. The smallest absolute Gasteiger partial charge is 0.262 e. The normalized spacial score (nSPS) is 19.2. The van der Waals surface area contributed by atoms with Gasteiger partial charge < -0.3 is 15.1 Å². The van der Waals surface area contributed by atoms with Gasteiger partial charge in [0.25, 0.3) is 5.91 Å². The van der Waals surface area contributed by atoms with E-state index in [0.717, 1.165) is 4.90 Å². The largest absolute Gasteiger partial charge is 0.507 e. The number of imide groups is 1. The zero-order valence-corrected chi connectivity index (χ0v) is 10.1. The zero-order chi connectivity index (χ0) is 14.2. The summed E-state index contributed by atoms with van der Waals surface area (Å²) in [5.41, 5.74) is -0.322. The van der Waals surface area contributed by atoms with E-state index in [4.69, 9.17) is 0 Å². The molecule has 1 fully saturated rings. The van der Waals surface area contributed by atoms with Gasteiger partial charge in [0.05, 0.1) is 0 Å². The average molecular weight is 264 g/mol. The second kappa shape index (κ2) is 4.60. The monoisotopic (exact) mass is 264 g/mol. The number of carbonyl (C=O) groups is 3. The van der Waals surface area contributed by atoms with Crippen LogP contribution in [0.2, 0.25) is 0 Å². The van der Waals surface area contributed by atoms with E-state index >= 15 is 0 Å². The third kappa shape index (κ3) is 2.22. The molecule has 0 radical (unpaired) electrons. The molecule has 19 heavy (non-hydrogen) atoms. The van der Waals surface area contributed by atoms with Crippen LogP contribution in [0.3, 0.4) is 0 Å². The van der Waals surface area contributed by atoms with Gasteiger partial charge in [-0.1, -0.05) is 6.07 Å².